The minimum Gasteiger partial charge on any atom is -0.245 e. The van der Waals surface area contributed by atoms with E-state index in [1.807, 2.05) is 4.72 Å². The molecule has 0 atom stereocenters. The normalized spacial score (nSPS) is 11.3. The maximum Gasteiger partial charge on any atom is 0.298 e. The summed E-state index contributed by atoms with van der Waals surface area (Å²) in [6, 6.07) is 0. The molecule has 4 N–H and O–H groups in total. The second-order valence-corrected chi connectivity index (χ2v) is 2.78. The van der Waals surface area contributed by atoms with E-state index in [1.54, 1.807) is 0 Å². The highest BCUT2D eigenvalue weighted by atomic mass is 32.2. The van der Waals surface area contributed by atoms with Crippen molar-refractivity contribution in [3.05, 3.63) is 6.33 Å². The van der Waals surface area contributed by atoms with Crippen molar-refractivity contribution in [1.82, 2.24) is 15.2 Å². The first-order chi connectivity index (χ1) is 4.58. The summed E-state index contributed by atoms with van der Waals surface area (Å²) in [5.41, 5.74) is 0. The van der Waals surface area contributed by atoms with E-state index in [1.165, 1.54) is 0 Å². The molecule has 0 aliphatic rings. The number of rotatable bonds is 2. The van der Waals surface area contributed by atoms with Gasteiger partial charge in [0.1, 0.15) is 6.33 Å². The van der Waals surface area contributed by atoms with E-state index in [2.05, 4.69) is 20.3 Å². The molecule has 0 amide bonds. The van der Waals surface area contributed by atoms with E-state index >= 15 is 0 Å². The standard InChI is InChI=1S/C2H5N5O2S/c3-10(8,9)7-2-4-1-5-6-2/h1H,(H2,3,8,9)(H2,4,5,6,7). The van der Waals surface area contributed by atoms with Gasteiger partial charge in [0.2, 0.25) is 5.95 Å². The Kier molecular flexibility index (Phi) is 1.55. The zero-order valence-corrected chi connectivity index (χ0v) is 5.59. The summed E-state index contributed by atoms with van der Waals surface area (Å²) in [5, 5.41) is 10.3. The summed E-state index contributed by atoms with van der Waals surface area (Å²) in [4.78, 5) is 3.46. The first-order valence-electron chi connectivity index (χ1n) is 2.24. The van der Waals surface area contributed by atoms with Crippen LogP contribution in [0.1, 0.15) is 0 Å². The zero-order valence-electron chi connectivity index (χ0n) is 4.77. The van der Waals surface area contributed by atoms with E-state index in [0.717, 1.165) is 6.33 Å². The van der Waals surface area contributed by atoms with Crippen LogP contribution in [0.5, 0.6) is 0 Å². The summed E-state index contributed by atoms with van der Waals surface area (Å²) in [7, 11) is -3.73. The number of nitrogens with zero attached hydrogens (tertiary/aromatic N) is 2. The Bertz CT molecular complexity index is 287. The Morgan fingerprint density at radius 3 is 2.80 bits per heavy atom. The monoisotopic (exact) mass is 163 g/mol. The van der Waals surface area contributed by atoms with Crippen LogP contribution in [0.3, 0.4) is 0 Å². The molecule has 7 nitrogen and oxygen atoms in total. The molecule has 56 valence electrons. The second kappa shape index (κ2) is 2.23. The summed E-state index contributed by atoms with van der Waals surface area (Å²) in [6.07, 6.45) is 1.16. The molecular weight excluding hydrogens is 158 g/mol. The predicted molar refractivity (Wildman–Crippen MR) is 33.1 cm³/mol. The molecule has 0 saturated carbocycles. The molecule has 0 spiro atoms. The fraction of sp³-hybridized carbons (Fsp3) is 0. The van der Waals surface area contributed by atoms with Gasteiger partial charge in [0, 0.05) is 0 Å². The van der Waals surface area contributed by atoms with Gasteiger partial charge in [0.05, 0.1) is 0 Å². The van der Waals surface area contributed by atoms with Gasteiger partial charge < -0.3 is 0 Å². The lowest BCUT2D eigenvalue weighted by Gasteiger charge is -1.94. The molecule has 0 bridgehead atoms. The molecule has 1 rings (SSSR count). The smallest absolute Gasteiger partial charge is 0.245 e. The van der Waals surface area contributed by atoms with E-state index in [4.69, 9.17) is 0 Å². The topological polar surface area (TPSA) is 114 Å². The molecule has 10 heavy (non-hydrogen) atoms. The van der Waals surface area contributed by atoms with Crippen LogP contribution in [0.15, 0.2) is 6.33 Å². The molecule has 1 aromatic rings. The van der Waals surface area contributed by atoms with Crippen molar-refractivity contribution in [3.8, 4) is 0 Å². The van der Waals surface area contributed by atoms with Crippen molar-refractivity contribution in [1.29, 1.82) is 0 Å². The van der Waals surface area contributed by atoms with Crippen LogP contribution in [-0.2, 0) is 10.2 Å². The van der Waals surface area contributed by atoms with E-state index in [-0.39, 0.29) is 5.95 Å². The fourth-order valence-corrected chi connectivity index (χ4v) is 0.757. The second-order valence-electron chi connectivity index (χ2n) is 1.48. The summed E-state index contributed by atoms with van der Waals surface area (Å²) in [5.74, 6) is 0.00231. The lowest BCUT2D eigenvalue weighted by atomic mass is 11.1. The molecule has 0 unspecified atom stereocenters. The van der Waals surface area contributed by atoms with Gasteiger partial charge in [0.15, 0.2) is 0 Å². The minimum atomic E-state index is -3.73. The summed E-state index contributed by atoms with van der Waals surface area (Å²) < 4.78 is 22.4. The van der Waals surface area contributed by atoms with Gasteiger partial charge in [-0.15, -0.1) is 0 Å². The van der Waals surface area contributed by atoms with Gasteiger partial charge in [-0.2, -0.15) is 18.5 Å². The third-order valence-electron chi connectivity index (χ3n) is 0.654. The average molecular weight is 163 g/mol. The SMILES string of the molecule is NS(=O)(=O)Nc1ncn[nH]1. The third-order valence-corrected chi connectivity index (χ3v) is 1.13. The van der Waals surface area contributed by atoms with Crippen LogP contribution in [0.4, 0.5) is 5.95 Å². The molecule has 8 heteroatoms. The number of hydrogen-bond donors (Lipinski definition) is 3. The Morgan fingerprint density at radius 1 is 1.70 bits per heavy atom. The molecule has 0 aromatic carbocycles. The van der Waals surface area contributed by atoms with Crippen molar-refractivity contribution in [2.75, 3.05) is 4.72 Å². The zero-order chi connectivity index (χ0) is 7.61. The van der Waals surface area contributed by atoms with Gasteiger partial charge in [-0.3, -0.25) is 0 Å². The van der Waals surface area contributed by atoms with Crippen LogP contribution in [0.2, 0.25) is 0 Å². The van der Waals surface area contributed by atoms with Crippen molar-refractivity contribution in [3.63, 3.8) is 0 Å². The molecule has 0 radical (unpaired) electrons. The number of hydrogen-bond acceptors (Lipinski definition) is 4. The number of H-pyrrole nitrogens is 1. The number of nitrogens with one attached hydrogen (secondary N) is 2. The maximum absolute atomic E-state index is 10.3. The first kappa shape index (κ1) is 6.96. The lowest BCUT2D eigenvalue weighted by molar-refractivity contribution is 0.602. The van der Waals surface area contributed by atoms with Crippen LogP contribution in [0.25, 0.3) is 0 Å². The van der Waals surface area contributed by atoms with Gasteiger partial charge in [0.25, 0.3) is 10.2 Å². The molecule has 1 heterocycles. The number of nitrogens with two attached hydrogens (primary N) is 1. The van der Waals surface area contributed by atoms with Crippen molar-refractivity contribution < 1.29 is 8.42 Å². The fourth-order valence-electron chi connectivity index (χ4n) is 0.389. The minimum absolute atomic E-state index is 0.00231. The number of anilines is 1. The first-order valence-corrected chi connectivity index (χ1v) is 3.78. The van der Waals surface area contributed by atoms with Gasteiger partial charge in [-0.1, -0.05) is 0 Å². The largest absolute Gasteiger partial charge is 0.298 e. The van der Waals surface area contributed by atoms with Gasteiger partial charge in [-0.25, -0.2) is 15.0 Å². The maximum atomic E-state index is 10.3. The Hall–Kier alpha value is -1.15. The van der Waals surface area contributed by atoms with Crippen molar-refractivity contribution in [2.24, 2.45) is 5.14 Å². The van der Waals surface area contributed by atoms with Crippen LogP contribution in [0, 0.1) is 0 Å². The van der Waals surface area contributed by atoms with Crippen molar-refractivity contribution in [2.45, 2.75) is 0 Å². The predicted octanol–water partition coefficient (Wildman–Crippen LogP) is -1.58. The van der Waals surface area contributed by atoms with E-state index in [0.29, 0.717) is 0 Å². The molecule has 0 fully saturated rings. The highest BCUT2D eigenvalue weighted by Crippen LogP contribution is 1.92. The molecule has 0 aliphatic carbocycles. The van der Waals surface area contributed by atoms with Crippen LogP contribution < -0.4 is 9.86 Å². The summed E-state index contributed by atoms with van der Waals surface area (Å²) in [6.45, 7) is 0. The van der Waals surface area contributed by atoms with E-state index in [9.17, 15) is 8.42 Å². The highest BCUT2D eigenvalue weighted by Gasteiger charge is 2.02. The van der Waals surface area contributed by atoms with Crippen LogP contribution in [-0.4, -0.2) is 23.6 Å². The molecule has 0 aliphatic heterocycles. The van der Waals surface area contributed by atoms with E-state index < -0.39 is 10.2 Å². The summed E-state index contributed by atoms with van der Waals surface area (Å²) >= 11 is 0. The molecular formula is C2H5N5O2S. The van der Waals surface area contributed by atoms with Crippen molar-refractivity contribution >= 4 is 16.2 Å². The van der Waals surface area contributed by atoms with Crippen LogP contribution >= 0.6 is 0 Å². The average Bonchev–Trinajstić information content (AvgIpc) is 2.12. The number of aromatic nitrogens is 3. The van der Waals surface area contributed by atoms with Gasteiger partial charge in [-0.05, 0) is 0 Å². The highest BCUT2D eigenvalue weighted by molar-refractivity contribution is 7.90. The molecule has 0 saturated heterocycles. The third kappa shape index (κ3) is 1.99. The Morgan fingerprint density at radius 2 is 2.40 bits per heavy atom. The number of aromatic amines is 1. The Labute approximate surface area is 56.8 Å². The quantitative estimate of drug-likeness (QED) is 0.488. The Balaban J connectivity index is 2.75. The molecule has 1 aromatic heterocycles. The lowest BCUT2D eigenvalue weighted by Crippen LogP contribution is -2.22. The van der Waals surface area contributed by atoms with Gasteiger partial charge >= 0.3 is 0 Å².